The molecule has 27 heavy (non-hydrogen) atoms. The van der Waals surface area contributed by atoms with Gasteiger partial charge in [-0.3, -0.25) is 0 Å². The van der Waals surface area contributed by atoms with Crippen LogP contribution in [-0.2, 0) is 10.0 Å². The zero-order chi connectivity index (χ0) is 20.1. The molecule has 1 aromatic carbocycles. The number of hydrogen-bond donors (Lipinski definition) is 0. The first-order valence-electron chi connectivity index (χ1n) is 10.6. The average molecular weight is 395 g/mol. The van der Waals surface area contributed by atoms with Gasteiger partial charge in [-0.1, -0.05) is 70.6 Å². The van der Waals surface area contributed by atoms with Crippen molar-refractivity contribution in [3.63, 3.8) is 0 Å². The fourth-order valence-corrected chi connectivity index (χ4v) is 4.01. The zero-order valence-corrected chi connectivity index (χ0v) is 18.5. The number of nitrogens with zero attached hydrogens (tertiary/aromatic N) is 2. The maximum absolute atomic E-state index is 12.9. The first-order chi connectivity index (χ1) is 12.9. The third kappa shape index (κ3) is 8.91. The van der Waals surface area contributed by atoms with E-state index >= 15 is 0 Å². The van der Waals surface area contributed by atoms with Crippen molar-refractivity contribution in [2.24, 2.45) is 4.40 Å². The lowest BCUT2D eigenvalue weighted by Crippen LogP contribution is -2.33. The van der Waals surface area contributed by atoms with Crippen LogP contribution in [0.2, 0.25) is 0 Å². The molecule has 0 aliphatic carbocycles. The number of benzene rings is 1. The Morgan fingerprint density at radius 2 is 1.41 bits per heavy atom. The Morgan fingerprint density at radius 3 is 1.93 bits per heavy atom. The molecule has 5 heteroatoms. The van der Waals surface area contributed by atoms with Gasteiger partial charge in [-0.15, -0.1) is 4.40 Å². The van der Waals surface area contributed by atoms with Crippen molar-refractivity contribution in [3.8, 4) is 0 Å². The van der Waals surface area contributed by atoms with Crippen molar-refractivity contribution in [2.45, 2.75) is 90.4 Å². The molecule has 0 bridgehead atoms. The predicted molar refractivity (Wildman–Crippen MR) is 116 cm³/mol. The standard InChI is InChI=1S/C22H38N2O2S/c1-5-8-11-12-13-22(24(18-9-6-2)19-10-7-3)23-27(25,26)21-16-14-20(4)15-17-21/h14-17H,5-13,18-19H2,1-4H3/b23-22+. The van der Waals surface area contributed by atoms with Gasteiger partial charge in [0.1, 0.15) is 5.84 Å². The minimum absolute atomic E-state index is 0.282. The quantitative estimate of drug-likeness (QED) is 0.236. The van der Waals surface area contributed by atoms with Gasteiger partial charge in [0.05, 0.1) is 4.90 Å². The van der Waals surface area contributed by atoms with Crippen LogP contribution in [-0.4, -0.2) is 32.2 Å². The Morgan fingerprint density at radius 1 is 0.852 bits per heavy atom. The van der Waals surface area contributed by atoms with E-state index in [9.17, 15) is 8.42 Å². The molecule has 0 fully saturated rings. The summed E-state index contributed by atoms with van der Waals surface area (Å²) in [5.41, 5.74) is 1.05. The summed E-state index contributed by atoms with van der Waals surface area (Å²) in [4.78, 5) is 2.50. The minimum Gasteiger partial charge on any atom is -0.359 e. The molecule has 154 valence electrons. The molecule has 0 unspecified atom stereocenters. The van der Waals surface area contributed by atoms with Gasteiger partial charge in [-0.05, 0) is 38.3 Å². The van der Waals surface area contributed by atoms with Gasteiger partial charge in [0, 0.05) is 19.5 Å². The lowest BCUT2D eigenvalue weighted by atomic mass is 10.1. The molecule has 0 radical (unpaired) electrons. The summed E-state index contributed by atoms with van der Waals surface area (Å²) in [6, 6.07) is 6.97. The highest BCUT2D eigenvalue weighted by Gasteiger charge is 2.18. The Labute approximate surface area is 167 Å². The van der Waals surface area contributed by atoms with Crippen LogP contribution in [0.1, 0.15) is 84.1 Å². The molecule has 0 heterocycles. The van der Waals surface area contributed by atoms with Gasteiger partial charge in [0.25, 0.3) is 10.0 Å². The second-order valence-corrected chi connectivity index (χ2v) is 8.90. The first-order valence-corrected chi connectivity index (χ1v) is 12.0. The number of amidine groups is 1. The number of aryl methyl sites for hydroxylation is 1. The molecule has 0 amide bonds. The monoisotopic (exact) mass is 394 g/mol. The van der Waals surface area contributed by atoms with Gasteiger partial charge in [0.2, 0.25) is 0 Å². The summed E-state index contributed by atoms with van der Waals surface area (Å²) in [5, 5.41) is 0. The molecule has 1 rings (SSSR count). The second kappa shape index (κ2) is 12.9. The van der Waals surface area contributed by atoms with Crippen LogP contribution in [0.15, 0.2) is 33.6 Å². The summed E-state index contributed by atoms with van der Waals surface area (Å²) < 4.78 is 30.1. The maximum Gasteiger partial charge on any atom is 0.283 e. The summed E-state index contributed by atoms with van der Waals surface area (Å²) in [7, 11) is -3.67. The second-order valence-electron chi connectivity index (χ2n) is 7.30. The molecular weight excluding hydrogens is 356 g/mol. The summed E-state index contributed by atoms with van der Waals surface area (Å²) in [5.74, 6) is 0.744. The van der Waals surface area contributed by atoms with E-state index in [0.29, 0.717) is 0 Å². The molecule has 0 aliphatic heterocycles. The highest BCUT2D eigenvalue weighted by molar-refractivity contribution is 7.90. The fraction of sp³-hybridized carbons (Fsp3) is 0.682. The van der Waals surface area contributed by atoms with Crippen LogP contribution in [0.5, 0.6) is 0 Å². The molecule has 0 atom stereocenters. The molecule has 0 N–H and O–H groups in total. The van der Waals surface area contributed by atoms with Crippen molar-refractivity contribution in [3.05, 3.63) is 29.8 Å². The minimum atomic E-state index is -3.67. The third-order valence-electron chi connectivity index (χ3n) is 4.73. The molecule has 4 nitrogen and oxygen atoms in total. The topological polar surface area (TPSA) is 49.7 Å². The van der Waals surface area contributed by atoms with E-state index in [1.54, 1.807) is 12.1 Å². The lowest BCUT2D eigenvalue weighted by Gasteiger charge is -2.26. The average Bonchev–Trinajstić information content (AvgIpc) is 2.65. The SMILES string of the molecule is CCCCCC/C(=N\S(=O)(=O)c1ccc(C)cc1)N(CCCC)CCCC. The summed E-state index contributed by atoms with van der Waals surface area (Å²) >= 11 is 0. The van der Waals surface area contributed by atoms with Crippen molar-refractivity contribution in [1.29, 1.82) is 0 Å². The Bertz CT molecular complexity index is 643. The highest BCUT2D eigenvalue weighted by Crippen LogP contribution is 2.17. The van der Waals surface area contributed by atoms with E-state index in [2.05, 4.69) is 30.1 Å². The van der Waals surface area contributed by atoms with Gasteiger partial charge >= 0.3 is 0 Å². The van der Waals surface area contributed by atoms with E-state index in [1.165, 1.54) is 12.8 Å². The van der Waals surface area contributed by atoms with Crippen LogP contribution >= 0.6 is 0 Å². The van der Waals surface area contributed by atoms with E-state index in [-0.39, 0.29) is 4.90 Å². The largest absolute Gasteiger partial charge is 0.359 e. The fourth-order valence-electron chi connectivity index (χ4n) is 2.94. The van der Waals surface area contributed by atoms with Gasteiger partial charge in [-0.2, -0.15) is 8.42 Å². The normalized spacial score (nSPS) is 12.4. The van der Waals surface area contributed by atoms with Crippen LogP contribution < -0.4 is 0 Å². The molecule has 0 saturated heterocycles. The van der Waals surface area contributed by atoms with Crippen LogP contribution in [0.4, 0.5) is 0 Å². The third-order valence-corrected chi connectivity index (χ3v) is 6.05. The lowest BCUT2D eigenvalue weighted by molar-refractivity contribution is 0.389. The van der Waals surface area contributed by atoms with E-state index in [0.717, 1.165) is 69.4 Å². The number of sulfonamides is 1. The van der Waals surface area contributed by atoms with Crippen LogP contribution in [0.25, 0.3) is 0 Å². The van der Waals surface area contributed by atoms with Crippen molar-refractivity contribution >= 4 is 15.9 Å². The Kier molecular flexibility index (Phi) is 11.3. The molecule has 0 aromatic heterocycles. The first kappa shape index (κ1) is 23.7. The number of hydrogen-bond acceptors (Lipinski definition) is 2. The highest BCUT2D eigenvalue weighted by atomic mass is 32.2. The molecule has 1 aromatic rings. The molecule has 0 aliphatic rings. The van der Waals surface area contributed by atoms with Crippen LogP contribution in [0, 0.1) is 6.92 Å². The van der Waals surface area contributed by atoms with Crippen molar-refractivity contribution in [2.75, 3.05) is 13.1 Å². The summed E-state index contributed by atoms with van der Waals surface area (Å²) in [6.45, 7) is 10.2. The zero-order valence-electron chi connectivity index (χ0n) is 17.7. The summed E-state index contributed by atoms with van der Waals surface area (Å²) in [6.07, 6.45) is 9.50. The molecule has 0 spiro atoms. The van der Waals surface area contributed by atoms with E-state index in [4.69, 9.17) is 0 Å². The smallest absolute Gasteiger partial charge is 0.283 e. The van der Waals surface area contributed by atoms with Gasteiger partial charge in [0.15, 0.2) is 0 Å². The van der Waals surface area contributed by atoms with E-state index < -0.39 is 10.0 Å². The number of rotatable bonds is 13. The maximum atomic E-state index is 12.9. The molecule has 0 saturated carbocycles. The molecular formula is C22H38N2O2S. The number of unbranched alkanes of at least 4 members (excludes halogenated alkanes) is 5. The van der Waals surface area contributed by atoms with Crippen molar-refractivity contribution in [1.82, 2.24) is 4.90 Å². The van der Waals surface area contributed by atoms with Crippen LogP contribution in [0.3, 0.4) is 0 Å². The Balaban J connectivity index is 3.11. The van der Waals surface area contributed by atoms with Crippen molar-refractivity contribution < 1.29 is 8.42 Å². The predicted octanol–water partition coefficient (Wildman–Crippen LogP) is 5.95. The van der Waals surface area contributed by atoms with Gasteiger partial charge in [-0.25, -0.2) is 0 Å². The van der Waals surface area contributed by atoms with Gasteiger partial charge < -0.3 is 4.90 Å². The Hall–Kier alpha value is -1.36. The van der Waals surface area contributed by atoms with E-state index in [1.807, 2.05) is 19.1 Å².